The van der Waals surface area contributed by atoms with Crippen molar-refractivity contribution in [3.8, 4) is 0 Å². The molecule has 0 aliphatic heterocycles. The molecule has 0 aromatic rings. The Morgan fingerprint density at radius 1 is 0.303 bits per heavy atom. The average molecular weight is 928 g/mol. The zero-order chi connectivity index (χ0) is 47.9. The highest BCUT2D eigenvalue weighted by Crippen LogP contribution is 2.16. The SMILES string of the molecule is CCCCC/C=C\CCCCCCCC(=O)OCC(COC(=O)CCCCCCC/C=C\C=C/CCCCCCCCC)OC(=O)CCCCCCCCCCCCCCCCCCCC. The molecule has 0 aliphatic rings. The number of carbonyl (C=O) groups is 3. The van der Waals surface area contributed by atoms with E-state index in [1.54, 1.807) is 0 Å². The van der Waals surface area contributed by atoms with Crippen molar-refractivity contribution in [3.05, 3.63) is 36.5 Å². The third-order valence-electron chi connectivity index (χ3n) is 12.9. The molecule has 66 heavy (non-hydrogen) atoms. The van der Waals surface area contributed by atoms with E-state index in [1.807, 2.05) is 0 Å². The maximum absolute atomic E-state index is 12.9. The minimum Gasteiger partial charge on any atom is -0.462 e. The van der Waals surface area contributed by atoms with Crippen molar-refractivity contribution in [2.45, 2.75) is 316 Å². The van der Waals surface area contributed by atoms with Crippen molar-refractivity contribution in [2.75, 3.05) is 13.2 Å². The number of allylic oxidation sites excluding steroid dienone is 6. The van der Waals surface area contributed by atoms with Crippen LogP contribution in [0.5, 0.6) is 0 Å². The maximum Gasteiger partial charge on any atom is 0.306 e. The summed E-state index contributed by atoms with van der Waals surface area (Å²) in [5, 5.41) is 0. The Morgan fingerprint density at radius 3 is 0.879 bits per heavy atom. The molecule has 0 bridgehead atoms. The number of hydrogen-bond acceptors (Lipinski definition) is 6. The molecule has 0 N–H and O–H groups in total. The second kappa shape index (κ2) is 55.2. The van der Waals surface area contributed by atoms with E-state index in [1.165, 1.54) is 186 Å². The van der Waals surface area contributed by atoms with Crippen molar-refractivity contribution in [3.63, 3.8) is 0 Å². The Bertz CT molecular complexity index is 1110. The number of hydrogen-bond donors (Lipinski definition) is 0. The zero-order valence-corrected chi connectivity index (χ0v) is 44.2. The van der Waals surface area contributed by atoms with Gasteiger partial charge in [0.25, 0.3) is 0 Å². The monoisotopic (exact) mass is 927 g/mol. The summed E-state index contributed by atoms with van der Waals surface area (Å²) >= 11 is 0. The van der Waals surface area contributed by atoms with E-state index in [9.17, 15) is 14.4 Å². The van der Waals surface area contributed by atoms with Crippen molar-refractivity contribution in [1.82, 2.24) is 0 Å². The van der Waals surface area contributed by atoms with Gasteiger partial charge in [-0.25, -0.2) is 0 Å². The van der Waals surface area contributed by atoms with E-state index in [2.05, 4.69) is 57.2 Å². The lowest BCUT2D eigenvalue weighted by Crippen LogP contribution is -2.30. The van der Waals surface area contributed by atoms with E-state index < -0.39 is 6.10 Å². The van der Waals surface area contributed by atoms with Crippen molar-refractivity contribution in [2.24, 2.45) is 0 Å². The van der Waals surface area contributed by atoms with Crippen LogP contribution in [0.25, 0.3) is 0 Å². The molecular weight excluding hydrogens is 817 g/mol. The van der Waals surface area contributed by atoms with Crippen LogP contribution in [0.15, 0.2) is 36.5 Å². The Hall–Kier alpha value is -2.37. The summed E-state index contributed by atoms with van der Waals surface area (Å²) in [5.74, 6) is -0.885. The Kier molecular flexibility index (Phi) is 53.2. The van der Waals surface area contributed by atoms with E-state index in [0.29, 0.717) is 19.3 Å². The van der Waals surface area contributed by atoms with Gasteiger partial charge in [0.05, 0.1) is 0 Å². The van der Waals surface area contributed by atoms with Crippen LogP contribution in [-0.2, 0) is 28.6 Å². The number of esters is 3. The Balaban J connectivity index is 4.34. The number of unbranched alkanes of at least 4 members (excludes halogenated alkanes) is 37. The van der Waals surface area contributed by atoms with E-state index in [4.69, 9.17) is 14.2 Å². The fourth-order valence-corrected chi connectivity index (χ4v) is 8.49. The molecule has 0 rings (SSSR count). The Morgan fingerprint density at radius 2 is 0.545 bits per heavy atom. The lowest BCUT2D eigenvalue weighted by atomic mass is 10.0. The molecule has 6 nitrogen and oxygen atoms in total. The minimum atomic E-state index is -0.779. The van der Waals surface area contributed by atoms with Crippen LogP contribution >= 0.6 is 0 Å². The van der Waals surface area contributed by atoms with E-state index in [-0.39, 0.29) is 31.1 Å². The van der Waals surface area contributed by atoms with Gasteiger partial charge in [-0.1, -0.05) is 256 Å². The van der Waals surface area contributed by atoms with Crippen molar-refractivity contribution < 1.29 is 28.6 Å². The summed E-state index contributed by atoms with van der Waals surface area (Å²) in [7, 11) is 0. The molecule has 0 fully saturated rings. The molecule has 0 heterocycles. The third kappa shape index (κ3) is 52.6. The topological polar surface area (TPSA) is 78.9 Å². The van der Waals surface area contributed by atoms with Crippen molar-refractivity contribution >= 4 is 17.9 Å². The summed E-state index contributed by atoms with van der Waals surface area (Å²) in [6, 6.07) is 0. The van der Waals surface area contributed by atoms with Gasteiger partial charge in [-0.15, -0.1) is 0 Å². The summed E-state index contributed by atoms with van der Waals surface area (Å²) in [4.78, 5) is 38.1. The summed E-state index contributed by atoms with van der Waals surface area (Å²) in [6.45, 7) is 6.63. The molecule has 1 atom stereocenters. The molecule has 386 valence electrons. The molecular formula is C60H110O6. The fraction of sp³-hybridized carbons (Fsp3) is 0.850. The van der Waals surface area contributed by atoms with Gasteiger partial charge < -0.3 is 14.2 Å². The zero-order valence-electron chi connectivity index (χ0n) is 44.2. The van der Waals surface area contributed by atoms with Gasteiger partial charge in [-0.2, -0.15) is 0 Å². The molecule has 0 aromatic heterocycles. The van der Waals surface area contributed by atoms with Crippen LogP contribution in [0.1, 0.15) is 310 Å². The van der Waals surface area contributed by atoms with Gasteiger partial charge in [0.1, 0.15) is 13.2 Å². The number of ether oxygens (including phenoxy) is 3. The van der Waals surface area contributed by atoms with E-state index in [0.717, 1.165) is 83.5 Å². The second-order valence-electron chi connectivity index (χ2n) is 19.6. The largest absolute Gasteiger partial charge is 0.462 e. The van der Waals surface area contributed by atoms with Crippen LogP contribution in [0.2, 0.25) is 0 Å². The lowest BCUT2D eigenvalue weighted by Gasteiger charge is -2.18. The first kappa shape index (κ1) is 63.6. The van der Waals surface area contributed by atoms with Crippen LogP contribution < -0.4 is 0 Å². The van der Waals surface area contributed by atoms with Gasteiger partial charge in [0.15, 0.2) is 6.10 Å². The molecule has 0 saturated carbocycles. The molecule has 6 heteroatoms. The maximum atomic E-state index is 12.9. The first-order valence-corrected chi connectivity index (χ1v) is 29.0. The van der Waals surface area contributed by atoms with Crippen LogP contribution in [0, 0.1) is 0 Å². The molecule has 0 aromatic carbocycles. The predicted octanol–water partition coefficient (Wildman–Crippen LogP) is 19.3. The van der Waals surface area contributed by atoms with Gasteiger partial charge in [-0.3, -0.25) is 14.4 Å². The third-order valence-corrected chi connectivity index (χ3v) is 12.9. The molecule has 0 spiro atoms. The smallest absolute Gasteiger partial charge is 0.306 e. The number of carbonyl (C=O) groups excluding carboxylic acids is 3. The molecule has 0 radical (unpaired) electrons. The highest BCUT2D eigenvalue weighted by molar-refractivity contribution is 5.71. The second-order valence-corrected chi connectivity index (χ2v) is 19.6. The molecule has 1 unspecified atom stereocenters. The average Bonchev–Trinajstić information content (AvgIpc) is 3.31. The standard InChI is InChI=1S/C60H110O6/c1-4-7-10-13-16-19-22-25-27-29-31-33-35-38-41-44-47-50-53-59(62)65-56-57(55-64-58(61)52-49-46-43-40-37-24-21-18-15-12-9-6-3)66-60(63)54-51-48-45-42-39-36-34-32-30-28-26-23-20-17-14-11-8-5-2/h18,21,27,29,31,33,57H,4-17,19-20,22-26,28,30,32,34-56H2,1-3H3/b21-18-,29-27-,33-31-. The predicted molar refractivity (Wildman–Crippen MR) is 284 cm³/mol. The first-order chi connectivity index (χ1) is 32.5. The minimum absolute atomic E-state index is 0.0784. The van der Waals surface area contributed by atoms with E-state index >= 15 is 0 Å². The highest BCUT2D eigenvalue weighted by atomic mass is 16.6. The van der Waals surface area contributed by atoms with Crippen LogP contribution in [0.4, 0.5) is 0 Å². The van der Waals surface area contributed by atoms with Crippen LogP contribution in [0.3, 0.4) is 0 Å². The number of rotatable bonds is 53. The van der Waals surface area contributed by atoms with Gasteiger partial charge >= 0.3 is 17.9 Å². The van der Waals surface area contributed by atoms with Gasteiger partial charge in [-0.05, 0) is 70.6 Å². The van der Waals surface area contributed by atoms with Gasteiger partial charge in [0, 0.05) is 19.3 Å². The van der Waals surface area contributed by atoms with Crippen molar-refractivity contribution in [1.29, 1.82) is 0 Å². The first-order valence-electron chi connectivity index (χ1n) is 29.0. The Labute approximate surface area is 410 Å². The summed E-state index contributed by atoms with van der Waals surface area (Å²) < 4.78 is 16.9. The summed E-state index contributed by atoms with van der Waals surface area (Å²) in [6.07, 6.45) is 65.6. The normalized spacial score (nSPS) is 12.2. The lowest BCUT2D eigenvalue weighted by molar-refractivity contribution is -0.167. The quantitative estimate of drug-likeness (QED) is 0.0199. The summed E-state index contributed by atoms with van der Waals surface area (Å²) in [5.41, 5.74) is 0. The molecule has 0 aliphatic carbocycles. The highest BCUT2D eigenvalue weighted by Gasteiger charge is 2.19. The van der Waals surface area contributed by atoms with Crippen LogP contribution in [-0.4, -0.2) is 37.2 Å². The fourth-order valence-electron chi connectivity index (χ4n) is 8.49. The molecule has 0 amide bonds. The van der Waals surface area contributed by atoms with Gasteiger partial charge in [0.2, 0.25) is 0 Å². The molecule has 0 saturated heterocycles.